The Morgan fingerprint density at radius 1 is 1.42 bits per heavy atom. The number of aryl methyl sites for hydroxylation is 1. The SMILES string of the molecule is CCn1cc(C(N)=O)c(=O)c2c(N)c(F)c(F)cc21. The third kappa shape index (κ3) is 1.83. The molecule has 1 aromatic heterocycles. The van der Waals surface area contributed by atoms with Gasteiger partial charge in [-0.05, 0) is 6.92 Å². The maximum atomic E-state index is 13.4. The summed E-state index contributed by atoms with van der Waals surface area (Å²) in [5, 5.41) is -0.239. The van der Waals surface area contributed by atoms with Crippen LogP contribution < -0.4 is 16.9 Å². The molecule has 19 heavy (non-hydrogen) atoms. The minimum absolute atomic E-state index is 0.119. The summed E-state index contributed by atoms with van der Waals surface area (Å²) in [6.45, 7) is 2.05. The van der Waals surface area contributed by atoms with Gasteiger partial charge in [0.1, 0.15) is 5.56 Å². The number of anilines is 1. The van der Waals surface area contributed by atoms with Crippen molar-refractivity contribution in [3.05, 3.63) is 39.7 Å². The molecule has 4 N–H and O–H groups in total. The molecule has 0 aliphatic heterocycles. The molecule has 0 saturated carbocycles. The number of halogens is 2. The van der Waals surface area contributed by atoms with E-state index in [0.717, 1.165) is 6.07 Å². The number of nitrogens with zero attached hydrogens (tertiary/aromatic N) is 1. The molecule has 100 valence electrons. The maximum Gasteiger partial charge on any atom is 0.254 e. The fourth-order valence-corrected chi connectivity index (χ4v) is 1.95. The average molecular weight is 267 g/mol. The number of nitrogen functional groups attached to an aromatic ring is 1. The first-order chi connectivity index (χ1) is 8.88. The number of carbonyl (C=O) groups is 1. The van der Waals surface area contributed by atoms with Crippen molar-refractivity contribution in [2.75, 3.05) is 5.73 Å². The first kappa shape index (κ1) is 13.0. The molecule has 0 aliphatic carbocycles. The molecule has 5 nitrogen and oxygen atoms in total. The molecule has 0 saturated heterocycles. The lowest BCUT2D eigenvalue weighted by atomic mass is 10.1. The molecule has 0 fully saturated rings. The Kier molecular flexibility index (Phi) is 2.97. The molecule has 1 aromatic carbocycles. The van der Waals surface area contributed by atoms with Crippen molar-refractivity contribution in [2.45, 2.75) is 13.5 Å². The Hall–Kier alpha value is -2.44. The lowest BCUT2D eigenvalue weighted by molar-refractivity contribution is 0.0999. The fourth-order valence-electron chi connectivity index (χ4n) is 1.95. The quantitative estimate of drug-likeness (QED) is 0.794. The van der Waals surface area contributed by atoms with Gasteiger partial charge in [0.25, 0.3) is 5.91 Å². The van der Waals surface area contributed by atoms with Gasteiger partial charge in [-0.2, -0.15) is 0 Å². The molecule has 0 aliphatic rings. The molecular weight excluding hydrogens is 256 g/mol. The number of amides is 1. The van der Waals surface area contributed by atoms with E-state index in [1.807, 2.05) is 0 Å². The Morgan fingerprint density at radius 2 is 2.05 bits per heavy atom. The third-order valence-electron chi connectivity index (χ3n) is 2.91. The van der Waals surface area contributed by atoms with Crippen molar-refractivity contribution in [3.63, 3.8) is 0 Å². The van der Waals surface area contributed by atoms with E-state index < -0.39 is 28.7 Å². The van der Waals surface area contributed by atoms with Gasteiger partial charge < -0.3 is 16.0 Å². The van der Waals surface area contributed by atoms with E-state index in [4.69, 9.17) is 11.5 Å². The molecular formula is C12H11F2N3O2. The van der Waals surface area contributed by atoms with Crippen LogP contribution in [-0.2, 0) is 6.54 Å². The first-order valence-electron chi connectivity index (χ1n) is 5.48. The summed E-state index contributed by atoms with van der Waals surface area (Å²) in [5.41, 5.74) is 8.90. The van der Waals surface area contributed by atoms with Gasteiger partial charge in [0.15, 0.2) is 11.6 Å². The van der Waals surface area contributed by atoms with Crippen LogP contribution in [0.3, 0.4) is 0 Å². The van der Waals surface area contributed by atoms with E-state index in [9.17, 15) is 18.4 Å². The highest BCUT2D eigenvalue weighted by molar-refractivity contribution is 5.99. The molecule has 0 atom stereocenters. The summed E-state index contributed by atoms with van der Waals surface area (Å²) in [6.07, 6.45) is 1.21. The van der Waals surface area contributed by atoms with Crippen LogP contribution in [0.4, 0.5) is 14.5 Å². The van der Waals surface area contributed by atoms with E-state index in [1.54, 1.807) is 6.92 Å². The molecule has 0 bridgehead atoms. The maximum absolute atomic E-state index is 13.4. The molecule has 2 aromatic rings. The van der Waals surface area contributed by atoms with Gasteiger partial charge >= 0.3 is 0 Å². The molecule has 0 radical (unpaired) electrons. The van der Waals surface area contributed by atoms with Crippen molar-refractivity contribution >= 4 is 22.5 Å². The lowest BCUT2D eigenvalue weighted by Crippen LogP contribution is -2.25. The second-order valence-electron chi connectivity index (χ2n) is 4.00. The second-order valence-corrected chi connectivity index (χ2v) is 4.00. The summed E-state index contributed by atoms with van der Waals surface area (Å²) in [4.78, 5) is 23.2. The molecule has 1 heterocycles. The van der Waals surface area contributed by atoms with E-state index >= 15 is 0 Å². The number of pyridine rings is 1. The number of benzene rings is 1. The van der Waals surface area contributed by atoms with Crippen LogP contribution in [0.5, 0.6) is 0 Å². The van der Waals surface area contributed by atoms with E-state index in [2.05, 4.69) is 0 Å². The topological polar surface area (TPSA) is 91.1 Å². The minimum atomic E-state index is -1.31. The Labute approximate surface area is 106 Å². The number of fused-ring (bicyclic) bond motifs is 1. The summed E-state index contributed by atoms with van der Waals surface area (Å²) in [5.74, 6) is -3.41. The van der Waals surface area contributed by atoms with E-state index in [0.29, 0.717) is 6.54 Å². The van der Waals surface area contributed by atoms with Crippen LogP contribution in [0.25, 0.3) is 10.9 Å². The third-order valence-corrected chi connectivity index (χ3v) is 2.91. The second kappa shape index (κ2) is 4.34. The number of primary amides is 1. The van der Waals surface area contributed by atoms with Gasteiger partial charge in [-0.3, -0.25) is 9.59 Å². The van der Waals surface area contributed by atoms with Crippen molar-refractivity contribution in [1.82, 2.24) is 4.57 Å². The Bertz CT molecular complexity index is 753. The van der Waals surface area contributed by atoms with Crippen molar-refractivity contribution < 1.29 is 13.6 Å². The largest absolute Gasteiger partial charge is 0.396 e. The number of carbonyl (C=O) groups excluding carboxylic acids is 1. The van der Waals surface area contributed by atoms with Crippen LogP contribution in [0.15, 0.2) is 17.1 Å². The van der Waals surface area contributed by atoms with E-state index in [1.165, 1.54) is 10.8 Å². The highest BCUT2D eigenvalue weighted by atomic mass is 19.2. The Balaban J connectivity index is 3.09. The molecule has 7 heteroatoms. The number of aromatic nitrogens is 1. The summed E-state index contributed by atoms with van der Waals surface area (Å²) < 4.78 is 28.2. The summed E-state index contributed by atoms with van der Waals surface area (Å²) >= 11 is 0. The molecule has 0 spiro atoms. The zero-order chi connectivity index (χ0) is 14.3. The summed E-state index contributed by atoms with van der Waals surface area (Å²) in [6, 6.07) is 0.872. The fraction of sp³-hybridized carbons (Fsp3) is 0.167. The van der Waals surface area contributed by atoms with Crippen molar-refractivity contribution in [3.8, 4) is 0 Å². The normalized spacial score (nSPS) is 10.9. The van der Waals surface area contributed by atoms with Gasteiger partial charge in [0.2, 0.25) is 5.43 Å². The van der Waals surface area contributed by atoms with Crippen molar-refractivity contribution in [1.29, 1.82) is 0 Å². The van der Waals surface area contributed by atoms with Crippen LogP contribution >= 0.6 is 0 Å². The average Bonchev–Trinajstić information content (AvgIpc) is 2.35. The van der Waals surface area contributed by atoms with Crippen LogP contribution in [-0.4, -0.2) is 10.5 Å². The smallest absolute Gasteiger partial charge is 0.254 e. The number of hydrogen-bond acceptors (Lipinski definition) is 3. The standard InChI is InChI=1S/C12H11F2N3O2/c1-2-17-4-5(12(16)19)11(18)8-7(17)3-6(13)9(14)10(8)15/h3-4H,2,15H2,1H3,(H2,16,19). The first-order valence-corrected chi connectivity index (χ1v) is 5.48. The summed E-state index contributed by atoms with van der Waals surface area (Å²) in [7, 11) is 0. The van der Waals surface area contributed by atoms with Gasteiger partial charge in [0.05, 0.1) is 16.6 Å². The highest BCUT2D eigenvalue weighted by Crippen LogP contribution is 2.24. The van der Waals surface area contributed by atoms with Crippen LogP contribution in [0, 0.1) is 11.6 Å². The predicted octanol–water partition coefficient (Wildman–Crippen LogP) is 0.981. The van der Waals surface area contributed by atoms with Gasteiger partial charge in [-0.25, -0.2) is 8.78 Å². The highest BCUT2D eigenvalue weighted by Gasteiger charge is 2.19. The minimum Gasteiger partial charge on any atom is -0.396 e. The van der Waals surface area contributed by atoms with Gasteiger partial charge in [0, 0.05) is 18.8 Å². The lowest BCUT2D eigenvalue weighted by Gasteiger charge is -2.12. The molecule has 2 rings (SSSR count). The van der Waals surface area contributed by atoms with Crippen LogP contribution in [0.2, 0.25) is 0 Å². The Morgan fingerprint density at radius 3 is 2.58 bits per heavy atom. The predicted molar refractivity (Wildman–Crippen MR) is 66.7 cm³/mol. The van der Waals surface area contributed by atoms with Gasteiger partial charge in [-0.1, -0.05) is 0 Å². The van der Waals surface area contributed by atoms with Crippen molar-refractivity contribution in [2.24, 2.45) is 5.73 Å². The monoisotopic (exact) mass is 267 g/mol. The zero-order valence-electron chi connectivity index (χ0n) is 10.0. The van der Waals surface area contributed by atoms with Gasteiger partial charge in [-0.15, -0.1) is 0 Å². The van der Waals surface area contributed by atoms with Crippen LogP contribution in [0.1, 0.15) is 17.3 Å². The molecule has 0 unspecified atom stereocenters. The number of hydrogen-bond donors (Lipinski definition) is 2. The number of nitrogens with two attached hydrogens (primary N) is 2. The molecule has 1 amide bonds. The number of rotatable bonds is 2. The van der Waals surface area contributed by atoms with E-state index in [-0.39, 0.29) is 16.5 Å². The zero-order valence-corrected chi connectivity index (χ0v) is 10.0.